The Morgan fingerprint density at radius 1 is 1.26 bits per heavy atom. The van der Waals surface area contributed by atoms with Crippen molar-refractivity contribution in [3.63, 3.8) is 0 Å². The van der Waals surface area contributed by atoms with Crippen LogP contribution in [-0.2, 0) is 9.47 Å². The number of rotatable bonds is 6. The van der Waals surface area contributed by atoms with Crippen LogP contribution >= 0.6 is 0 Å². The fraction of sp³-hybridized carbons (Fsp3) is 0.500. The molecule has 3 aliphatic rings. The van der Waals surface area contributed by atoms with Gasteiger partial charge in [0.1, 0.15) is 18.3 Å². The molecule has 0 spiro atoms. The van der Waals surface area contributed by atoms with Crippen molar-refractivity contribution in [3.05, 3.63) is 47.8 Å². The molecule has 0 atom stereocenters. The highest BCUT2D eigenvalue weighted by Crippen LogP contribution is 2.28. The van der Waals surface area contributed by atoms with Gasteiger partial charge in [-0.3, -0.25) is 0 Å². The Bertz CT molecular complexity index is 442. The fourth-order valence-electron chi connectivity index (χ4n) is 2.26. The molecule has 1 heterocycles. The Morgan fingerprint density at radius 2 is 2.21 bits per heavy atom. The van der Waals surface area contributed by atoms with Gasteiger partial charge in [0.25, 0.3) is 0 Å². The first kappa shape index (κ1) is 12.5. The number of allylic oxidation sites excluding steroid dienone is 4. The molecule has 2 aliphatic carbocycles. The van der Waals surface area contributed by atoms with Crippen LogP contribution in [0.1, 0.15) is 32.1 Å². The van der Waals surface area contributed by atoms with Crippen molar-refractivity contribution in [3.8, 4) is 0 Å². The van der Waals surface area contributed by atoms with E-state index in [1.165, 1.54) is 18.4 Å². The van der Waals surface area contributed by atoms with E-state index in [1.54, 1.807) is 12.5 Å². The molecule has 3 rings (SSSR count). The first-order valence-corrected chi connectivity index (χ1v) is 7.21. The van der Waals surface area contributed by atoms with E-state index >= 15 is 0 Å². The average molecular weight is 259 g/mol. The summed E-state index contributed by atoms with van der Waals surface area (Å²) in [7, 11) is 0. The van der Waals surface area contributed by atoms with Crippen LogP contribution in [-0.4, -0.2) is 13.1 Å². The molecule has 3 nitrogen and oxygen atoms in total. The largest absolute Gasteiger partial charge is 0.465 e. The van der Waals surface area contributed by atoms with Gasteiger partial charge in [-0.15, -0.1) is 0 Å². The van der Waals surface area contributed by atoms with Crippen LogP contribution < -0.4 is 5.32 Å². The van der Waals surface area contributed by atoms with Gasteiger partial charge in [0.15, 0.2) is 5.76 Å². The van der Waals surface area contributed by atoms with Gasteiger partial charge < -0.3 is 14.8 Å². The van der Waals surface area contributed by atoms with E-state index in [0.29, 0.717) is 0 Å². The predicted octanol–water partition coefficient (Wildman–Crippen LogP) is 3.38. The van der Waals surface area contributed by atoms with Gasteiger partial charge in [-0.1, -0.05) is 18.2 Å². The Morgan fingerprint density at radius 3 is 3.00 bits per heavy atom. The van der Waals surface area contributed by atoms with Crippen molar-refractivity contribution in [1.82, 2.24) is 5.32 Å². The molecule has 0 aromatic heterocycles. The third-order valence-corrected chi connectivity index (χ3v) is 3.62. The summed E-state index contributed by atoms with van der Waals surface area (Å²) < 4.78 is 11.3. The molecule has 0 saturated heterocycles. The number of hydrogen-bond donors (Lipinski definition) is 1. The van der Waals surface area contributed by atoms with E-state index in [-0.39, 0.29) is 0 Å². The van der Waals surface area contributed by atoms with Crippen molar-refractivity contribution in [2.75, 3.05) is 13.1 Å². The Kier molecular flexibility index (Phi) is 4.04. The highest BCUT2D eigenvalue weighted by atomic mass is 16.5. The van der Waals surface area contributed by atoms with E-state index in [2.05, 4.69) is 23.5 Å². The van der Waals surface area contributed by atoms with Gasteiger partial charge in [-0.25, -0.2) is 0 Å². The minimum atomic E-state index is 0.865. The second-order valence-electron chi connectivity index (χ2n) is 5.36. The molecule has 0 bridgehead atoms. The van der Waals surface area contributed by atoms with Gasteiger partial charge in [0.05, 0.1) is 0 Å². The smallest absolute Gasteiger partial charge is 0.165 e. The van der Waals surface area contributed by atoms with E-state index in [1.807, 2.05) is 0 Å². The number of ether oxygens (including phenoxy) is 2. The molecular formula is C16H21NO2. The summed E-state index contributed by atoms with van der Waals surface area (Å²) >= 11 is 0. The zero-order chi connectivity index (χ0) is 12.9. The van der Waals surface area contributed by atoms with Crippen LogP contribution in [0.5, 0.6) is 0 Å². The van der Waals surface area contributed by atoms with E-state index < -0.39 is 0 Å². The van der Waals surface area contributed by atoms with E-state index in [0.717, 1.165) is 49.8 Å². The molecule has 3 heteroatoms. The Balaban J connectivity index is 1.44. The number of nitrogens with one attached hydrogen (secondary N) is 1. The van der Waals surface area contributed by atoms with E-state index in [4.69, 9.17) is 9.47 Å². The van der Waals surface area contributed by atoms with Crippen molar-refractivity contribution in [2.24, 2.45) is 5.92 Å². The summed E-state index contributed by atoms with van der Waals surface area (Å²) in [5, 5.41) is 3.47. The van der Waals surface area contributed by atoms with Gasteiger partial charge in [-0.2, -0.15) is 0 Å². The number of hydrogen-bond acceptors (Lipinski definition) is 3. The topological polar surface area (TPSA) is 30.5 Å². The molecule has 0 unspecified atom stereocenters. The second kappa shape index (κ2) is 6.11. The molecule has 1 saturated carbocycles. The maximum absolute atomic E-state index is 5.90. The van der Waals surface area contributed by atoms with Crippen LogP contribution in [0.4, 0.5) is 0 Å². The van der Waals surface area contributed by atoms with Crippen molar-refractivity contribution in [2.45, 2.75) is 32.1 Å². The molecule has 1 N–H and O–H groups in total. The van der Waals surface area contributed by atoms with Crippen molar-refractivity contribution >= 4 is 0 Å². The monoisotopic (exact) mass is 259 g/mol. The SMILES string of the molecule is C1=CCCC(C2=COC=C(CCNCC3CC3)O2)=C1. The molecule has 0 amide bonds. The zero-order valence-electron chi connectivity index (χ0n) is 11.2. The summed E-state index contributed by atoms with van der Waals surface area (Å²) in [5.74, 6) is 2.70. The summed E-state index contributed by atoms with van der Waals surface area (Å²) in [6.45, 7) is 2.10. The lowest BCUT2D eigenvalue weighted by Crippen LogP contribution is -2.19. The quantitative estimate of drug-likeness (QED) is 0.742. The van der Waals surface area contributed by atoms with Gasteiger partial charge >= 0.3 is 0 Å². The molecule has 1 aliphatic heterocycles. The molecule has 0 aromatic rings. The lowest BCUT2D eigenvalue weighted by atomic mass is 10.0. The Hall–Kier alpha value is -1.48. The van der Waals surface area contributed by atoms with Crippen LogP contribution in [0.25, 0.3) is 0 Å². The van der Waals surface area contributed by atoms with Gasteiger partial charge in [0.2, 0.25) is 0 Å². The van der Waals surface area contributed by atoms with Gasteiger partial charge in [-0.05, 0) is 43.7 Å². The third kappa shape index (κ3) is 3.74. The Labute approximate surface area is 114 Å². The minimum absolute atomic E-state index is 0.865. The summed E-state index contributed by atoms with van der Waals surface area (Å²) in [4.78, 5) is 0. The lowest BCUT2D eigenvalue weighted by molar-refractivity contribution is 0.218. The van der Waals surface area contributed by atoms with Crippen LogP contribution in [0.2, 0.25) is 0 Å². The zero-order valence-corrected chi connectivity index (χ0v) is 11.2. The summed E-state index contributed by atoms with van der Waals surface area (Å²) in [6, 6.07) is 0. The molecular weight excluding hydrogens is 238 g/mol. The maximum Gasteiger partial charge on any atom is 0.165 e. The van der Waals surface area contributed by atoms with Crippen molar-refractivity contribution in [1.29, 1.82) is 0 Å². The van der Waals surface area contributed by atoms with Crippen molar-refractivity contribution < 1.29 is 9.47 Å². The normalized spacial score (nSPS) is 22.0. The van der Waals surface area contributed by atoms with Crippen LogP contribution in [0.3, 0.4) is 0 Å². The first-order valence-electron chi connectivity index (χ1n) is 7.21. The van der Waals surface area contributed by atoms with Crippen LogP contribution in [0.15, 0.2) is 47.8 Å². The standard InChI is InChI=1S/C16H21NO2/c1-2-4-14(5-3-1)16-12-18-11-15(19-16)8-9-17-10-13-6-7-13/h1-2,4,11-13,17H,3,5-10H2. The molecule has 19 heavy (non-hydrogen) atoms. The third-order valence-electron chi connectivity index (χ3n) is 3.62. The predicted molar refractivity (Wildman–Crippen MR) is 75.0 cm³/mol. The lowest BCUT2D eigenvalue weighted by Gasteiger charge is -2.19. The molecule has 0 aromatic carbocycles. The minimum Gasteiger partial charge on any atom is -0.465 e. The summed E-state index contributed by atoms with van der Waals surface area (Å²) in [5.41, 5.74) is 1.22. The highest BCUT2D eigenvalue weighted by Gasteiger charge is 2.20. The second-order valence-corrected chi connectivity index (χ2v) is 5.36. The summed E-state index contributed by atoms with van der Waals surface area (Å²) in [6.07, 6.45) is 15.5. The molecule has 1 fully saturated rings. The molecule has 102 valence electrons. The van der Waals surface area contributed by atoms with E-state index in [9.17, 15) is 0 Å². The van der Waals surface area contributed by atoms with Crippen LogP contribution in [0, 0.1) is 5.92 Å². The fourth-order valence-corrected chi connectivity index (χ4v) is 2.26. The molecule has 0 radical (unpaired) electrons. The highest BCUT2D eigenvalue weighted by molar-refractivity contribution is 5.33. The maximum atomic E-state index is 5.90. The first-order chi connectivity index (χ1) is 9.42. The van der Waals surface area contributed by atoms with Gasteiger partial charge in [0, 0.05) is 13.0 Å². The average Bonchev–Trinajstić information content (AvgIpc) is 3.29.